The normalized spacial score (nSPS) is 11.9. The minimum Gasteiger partial charge on any atom is -0.481 e. The van der Waals surface area contributed by atoms with Crippen molar-refractivity contribution >= 4 is 21.8 Å². The number of carbonyl (C=O) groups excluding carboxylic acids is 1. The van der Waals surface area contributed by atoms with Crippen molar-refractivity contribution < 1.29 is 14.1 Å². The Kier molecular flexibility index (Phi) is 6.14. The maximum atomic E-state index is 12.4. The SMILES string of the molecule is Cc1cc(C)c(C)c(O[C@H](C)C(=O)NCc2nc(-c3cccc(Br)c3)no2)c1. The van der Waals surface area contributed by atoms with E-state index in [0.29, 0.717) is 11.7 Å². The van der Waals surface area contributed by atoms with Gasteiger partial charge in [-0.1, -0.05) is 39.3 Å². The van der Waals surface area contributed by atoms with E-state index in [4.69, 9.17) is 9.26 Å². The second kappa shape index (κ2) is 8.56. The van der Waals surface area contributed by atoms with Crippen LogP contribution in [0, 0.1) is 20.8 Å². The molecule has 0 radical (unpaired) electrons. The van der Waals surface area contributed by atoms with E-state index in [1.807, 2.05) is 51.1 Å². The molecule has 1 aromatic heterocycles. The third kappa shape index (κ3) is 4.78. The summed E-state index contributed by atoms with van der Waals surface area (Å²) in [4.78, 5) is 16.7. The van der Waals surface area contributed by atoms with Crippen molar-refractivity contribution in [2.45, 2.75) is 40.3 Å². The van der Waals surface area contributed by atoms with Gasteiger partial charge in [-0.3, -0.25) is 4.79 Å². The van der Waals surface area contributed by atoms with Crippen molar-refractivity contribution in [3.05, 3.63) is 63.5 Å². The maximum Gasteiger partial charge on any atom is 0.261 e. The molecule has 3 aromatic rings. The Labute approximate surface area is 172 Å². The lowest BCUT2D eigenvalue weighted by Crippen LogP contribution is -2.36. The Hall–Kier alpha value is -2.67. The second-order valence-corrected chi connectivity index (χ2v) is 7.62. The molecule has 0 unspecified atom stereocenters. The molecule has 0 aliphatic heterocycles. The average Bonchev–Trinajstić information content (AvgIpc) is 3.12. The van der Waals surface area contributed by atoms with Crippen LogP contribution in [0.1, 0.15) is 29.5 Å². The first-order chi connectivity index (χ1) is 13.3. The van der Waals surface area contributed by atoms with Gasteiger partial charge in [0.05, 0.1) is 6.54 Å². The molecule has 1 heterocycles. The van der Waals surface area contributed by atoms with Gasteiger partial charge in [0.25, 0.3) is 5.91 Å². The summed E-state index contributed by atoms with van der Waals surface area (Å²) in [7, 11) is 0. The van der Waals surface area contributed by atoms with Gasteiger partial charge in [0.2, 0.25) is 11.7 Å². The van der Waals surface area contributed by atoms with E-state index in [1.165, 1.54) is 0 Å². The van der Waals surface area contributed by atoms with Gasteiger partial charge in [0, 0.05) is 10.0 Å². The Balaban J connectivity index is 1.60. The highest BCUT2D eigenvalue weighted by Crippen LogP contribution is 2.24. The van der Waals surface area contributed by atoms with Crippen molar-refractivity contribution in [1.29, 1.82) is 0 Å². The largest absolute Gasteiger partial charge is 0.481 e. The van der Waals surface area contributed by atoms with Crippen LogP contribution in [0.3, 0.4) is 0 Å². The van der Waals surface area contributed by atoms with Crippen LogP contribution < -0.4 is 10.1 Å². The standard InChI is InChI=1S/C21H22BrN3O3/c1-12-8-13(2)14(3)18(9-12)27-15(4)21(26)23-11-19-24-20(25-28-19)16-6-5-7-17(22)10-16/h5-10,15H,11H2,1-4H3,(H,23,26)/t15-/m1/s1. The summed E-state index contributed by atoms with van der Waals surface area (Å²) in [6.45, 7) is 7.87. The summed E-state index contributed by atoms with van der Waals surface area (Å²) in [5.74, 6) is 1.27. The van der Waals surface area contributed by atoms with E-state index < -0.39 is 6.10 Å². The lowest BCUT2D eigenvalue weighted by atomic mass is 10.1. The van der Waals surface area contributed by atoms with Crippen molar-refractivity contribution in [3.63, 3.8) is 0 Å². The zero-order valence-corrected chi connectivity index (χ0v) is 17.8. The molecule has 0 aliphatic carbocycles. The predicted octanol–water partition coefficient (Wildman–Crippen LogP) is 4.51. The van der Waals surface area contributed by atoms with Gasteiger partial charge in [-0.25, -0.2) is 0 Å². The molecule has 1 atom stereocenters. The highest BCUT2D eigenvalue weighted by Gasteiger charge is 2.18. The topological polar surface area (TPSA) is 77.2 Å². The van der Waals surface area contributed by atoms with Crippen LogP contribution in [-0.4, -0.2) is 22.2 Å². The zero-order valence-electron chi connectivity index (χ0n) is 16.2. The van der Waals surface area contributed by atoms with E-state index in [-0.39, 0.29) is 12.5 Å². The Morgan fingerprint density at radius 1 is 1.25 bits per heavy atom. The van der Waals surface area contributed by atoms with Crippen molar-refractivity contribution in [2.24, 2.45) is 0 Å². The van der Waals surface area contributed by atoms with Crippen LogP contribution in [0.4, 0.5) is 0 Å². The fraction of sp³-hybridized carbons (Fsp3) is 0.286. The molecule has 6 nitrogen and oxygen atoms in total. The number of hydrogen-bond donors (Lipinski definition) is 1. The van der Waals surface area contributed by atoms with Gasteiger partial charge < -0.3 is 14.6 Å². The number of hydrogen-bond acceptors (Lipinski definition) is 5. The van der Waals surface area contributed by atoms with Gasteiger partial charge in [-0.05, 0) is 62.6 Å². The fourth-order valence-electron chi connectivity index (χ4n) is 2.75. The molecular formula is C21H22BrN3O3. The molecule has 0 fully saturated rings. The number of carbonyl (C=O) groups is 1. The van der Waals surface area contributed by atoms with Gasteiger partial charge in [0.1, 0.15) is 5.75 Å². The molecule has 0 aliphatic rings. The number of aryl methyl sites for hydroxylation is 2. The number of aromatic nitrogens is 2. The molecule has 0 bridgehead atoms. The number of ether oxygens (including phenoxy) is 1. The van der Waals surface area contributed by atoms with E-state index in [9.17, 15) is 4.79 Å². The number of benzene rings is 2. The lowest BCUT2D eigenvalue weighted by Gasteiger charge is -2.17. The first-order valence-corrected chi connectivity index (χ1v) is 9.73. The minimum absolute atomic E-state index is 0.138. The first-order valence-electron chi connectivity index (χ1n) is 8.94. The molecule has 3 rings (SSSR count). The molecule has 146 valence electrons. The van der Waals surface area contributed by atoms with Crippen LogP contribution in [0.5, 0.6) is 5.75 Å². The summed E-state index contributed by atoms with van der Waals surface area (Å²) in [6, 6.07) is 11.6. The second-order valence-electron chi connectivity index (χ2n) is 6.70. The van der Waals surface area contributed by atoms with Crippen LogP contribution in [0.2, 0.25) is 0 Å². The molecule has 0 spiro atoms. The molecule has 0 saturated heterocycles. The van der Waals surface area contributed by atoms with Crippen LogP contribution in [0.25, 0.3) is 11.4 Å². The minimum atomic E-state index is -0.646. The van der Waals surface area contributed by atoms with E-state index in [2.05, 4.69) is 37.5 Å². The number of amides is 1. The quantitative estimate of drug-likeness (QED) is 0.606. The summed E-state index contributed by atoms with van der Waals surface area (Å²) in [5, 5.41) is 6.73. The highest BCUT2D eigenvalue weighted by molar-refractivity contribution is 9.10. The summed E-state index contributed by atoms with van der Waals surface area (Å²) < 4.78 is 12.0. The van der Waals surface area contributed by atoms with Gasteiger partial charge >= 0.3 is 0 Å². The lowest BCUT2D eigenvalue weighted by molar-refractivity contribution is -0.127. The molecule has 7 heteroatoms. The van der Waals surface area contributed by atoms with Gasteiger partial charge in [-0.15, -0.1) is 0 Å². The highest BCUT2D eigenvalue weighted by atomic mass is 79.9. The molecule has 1 N–H and O–H groups in total. The van der Waals surface area contributed by atoms with Crippen molar-refractivity contribution in [2.75, 3.05) is 0 Å². The number of nitrogens with zero attached hydrogens (tertiary/aromatic N) is 2. The first kappa shape index (κ1) is 20.1. The third-order valence-corrected chi connectivity index (χ3v) is 4.90. The van der Waals surface area contributed by atoms with Crippen LogP contribution in [-0.2, 0) is 11.3 Å². The molecule has 28 heavy (non-hydrogen) atoms. The number of rotatable bonds is 6. The Bertz CT molecular complexity index is 1000. The predicted molar refractivity (Wildman–Crippen MR) is 110 cm³/mol. The number of halogens is 1. The average molecular weight is 444 g/mol. The fourth-order valence-corrected chi connectivity index (χ4v) is 3.14. The number of nitrogens with one attached hydrogen (secondary N) is 1. The molecule has 0 saturated carbocycles. The van der Waals surface area contributed by atoms with Crippen LogP contribution >= 0.6 is 15.9 Å². The van der Waals surface area contributed by atoms with Gasteiger partial charge in [-0.2, -0.15) is 4.98 Å². The van der Waals surface area contributed by atoms with Crippen LogP contribution in [0.15, 0.2) is 45.4 Å². The molecule has 1 amide bonds. The zero-order chi connectivity index (χ0) is 20.3. The Morgan fingerprint density at radius 3 is 2.79 bits per heavy atom. The molecular weight excluding hydrogens is 422 g/mol. The van der Waals surface area contributed by atoms with Crippen molar-refractivity contribution in [1.82, 2.24) is 15.5 Å². The van der Waals surface area contributed by atoms with Crippen molar-refractivity contribution in [3.8, 4) is 17.1 Å². The third-order valence-electron chi connectivity index (χ3n) is 4.40. The van der Waals surface area contributed by atoms with E-state index in [1.54, 1.807) is 6.92 Å². The summed E-state index contributed by atoms with van der Waals surface area (Å²) in [5.41, 5.74) is 4.09. The van der Waals surface area contributed by atoms with Gasteiger partial charge in [0.15, 0.2) is 6.10 Å². The van der Waals surface area contributed by atoms with E-state index >= 15 is 0 Å². The van der Waals surface area contributed by atoms with E-state index in [0.717, 1.165) is 32.5 Å². The summed E-state index contributed by atoms with van der Waals surface area (Å²) in [6.07, 6.45) is -0.646. The Morgan fingerprint density at radius 2 is 2.04 bits per heavy atom. The smallest absolute Gasteiger partial charge is 0.261 e. The molecule has 2 aromatic carbocycles. The maximum absolute atomic E-state index is 12.4. The monoisotopic (exact) mass is 443 g/mol. The summed E-state index contributed by atoms with van der Waals surface area (Å²) >= 11 is 3.42.